The van der Waals surface area contributed by atoms with E-state index >= 15 is 0 Å². The topological polar surface area (TPSA) is 103 Å². The van der Waals surface area contributed by atoms with Crippen molar-refractivity contribution in [2.45, 2.75) is 0 Å². The number of methoxy groups -OCH3 is 2. The van der Waals surface area contributed by atoms with Crippen molar-refractivity contribution in [1.82, 2.24) is 0 Å². The molecule has 0 aromatic heterocycles. The lowest BCUT2D eigenvalue weighted by Gasteiger charge is -2.13. The number of hydrogen-bond acceptors (Lipinski definition) is 6. The first-order chi connectivity index (χ1) is 15.5. The van der Waals surface area contributed by atoms with E-state index in [1.807, 2.05) is 6.07 Å². The van der Waals surface area contributed by atoms with E-state index in [4.69, 9.17) is 14.2 Å². The van der Waals surface area contributed by atoms with Crippen molar-refractivity contribution >= 4 is 29.2 Å². The normalized spacial score (nSPS) is 10.1. The number of carbonyl (C=O) groups excluding carboxylic acids is 3. The lowest BCUT2D eigenvalue weighted by molar-refractivity contribution is -0.119. The maximum absolute atomic E-state index is 12.6. The van der Waals surface area contributed by atoms with E-state index in [2.05, 4.69) is 10.6 Å². The van der Waals surface area contributed by atoms with E-state index in [1.54, 1.807) is 66.7 Å². The smallest absolute Gasteiger partial charge is 0.346 e. The Balaban J connectivity index is 1.66. The van der Waals surface area contributed by atoms with Crippen molar-refractivity contribution in [2.75, 3.05) is 31.5 Å². The molecule has 0 spiro atoms. The van der Waals surface area contributed by atoms with E-state index in [0.717, 1.165) is 0 Å². The first kappa shape index (κ1) is 22.4. The number of para-hydroxylation sites is 2. The molecule has 0 atom stereocenters. The molecule has 0 saturated heterocycles. The van der Waals surface area contributed by atoms with Gasteiger partial charge in [-0.25, -0.2) is 4.79 Å². The van der Waals surface area contributed by atoms with E-state index in [0.29, 0.717) is 5.69 Å². The zero-order valence-corrected chi connectivity index (χ0v) is 17.6. The highest BCUT2D eigenvalue weighted by atomic mass is 16.5. The van der Waals surface area contributed by atoms with Crippen LogP contribution in [0.3, 0.4) is 0 Å². The second-order valence-corrected chi connectivity index (χ2v) is 6.53. The Kier molecular flexibility index (Phi) is 7.42. The first-order valence-electron chi connectivity index (χ1n) is 9.67. The van der Waals surface area contributed by atoms with Crippen LogP contribution in [0.5, 0.6) is 11.5 Å². The third-order valence-electron chi connectivity index (χ3n) is 4.44. The predicted octanol–water partition coefficient (Wildman–Crippen LogP) is 3.75. The van der Waals surface area contributed by atoms with Crippen LogP contribution in [0.15, 0.2) is 72.8 Å². The average molecular weight is 434 g/mol. The molecule has 0 unspecified atom stereocenters. The van der Waals surface area contributed by atoms with Crippen LogP contribution in [0.1, 0.15) is 20.7 Å². The van der Waals surface area contributed by atoms with Gasteiger partial charge in [-0.2, -0.15) is 0 Å². The fourth-order valence-corrected chi connectivity index (χ4v) is 2.95. The Bertz CT molecular complexity index is 1090. The zero-order valence-electron chi connectivity index (χ0n) is 17.6. The molecule has 3 aromatic carbocycles. The van der Waals surface area contributed by atoms with Gasteiger partial charge in [0.25, 0.3) is 11.8 Å². The molecular formula is C24H22N2O6. The van der Waals surface area contributed by atoms with Gasteiger partial charge >= 0.3 is 5.97 Å². The molecule has 32 heavy (non-hydrogen) atoms. The summed E-state index contributed by atoms with van der Waals surface area (Å²) in [4.78, 5) is 37.6. The first-order valence-corrected chi connectivity index (χ1v) is 9.67. The predicted molar refractivity (Wildman–Crippen MR) is 119 cm³/mol. The number of ether oxygens (including phenoxy) is 3. The SMILES string of the molecule is COc1cccc(OC)c1C(=O)OCC(=O)Nc1ccccc1C(=O)Nc1ccccc1. The summed E-state index contributed by atoms with van der Waals surface area (Å²) in [5.41, 5.74) is 1.26. The Morgan fingerprint density at radius 3 is 2.03 bits per heavy atom. The third kappa shape index (κ3) is 5.42. The fourth-order valence-electron chi connectivity index (χ4n) is 2.95. The van der Waals surface area contributed by atoms with Gasteiger partial charge in [-0.1, -0.05) is 36.4 Å². The molecule has 3 rings (SSSR count). The number of rotatable bonds is 8. The Morgan fingerprint density at radius 1 is 0.750 bits per heavy atom. The van der Waals surface area contributed by atoms with Gasteiger partial charge in [0, 0.05) is 5.69 Å². The summed E-state index contributed by atoms with van der Waals surface area (Å²) >= 11 is 0. The number of anilines is 2. The van der Waals surface area contributed by atoms with E-state index in [-0.39, 0.29) is 34.2 Å². The maximum atomic E-state index is 12.6. The summed E-state index contributed by atoms with van der Waals surface area (Å²) in [6.07, 6.45) is 0. The van der Waals surface area contributed by atoms with Crippen molar-refractivity contribution in [2.24, 2.45) is 0 Å². The van der Waals surface area contributed by atoms with Crippen LogP contribution < -0.4 is 20.1 Å². The summed E-state index contributed by atoms with van der Waals surface area (Å²) in [6, 6.07) is 20.3. The molecule has 0 aliphatic carbocycles. The van der Waals surface area contributed by atoms with Crippen LogP contribution in [0, 0.1) is 0 Å². The molecule has 2 N–H and O–H groups in total. The van der Waals surface area contributed by atoms with Gasteiger partial charge in [0.2, 0.25) is 0 Å². The monoisotopic (exact) mass is 434 g/mol. The van der Waals surface area contributed by atoms with Crippen molar-refractivity contribution < 1.29 is 28.6 Å². The van der Waals surface area contributed by atoms with Gasteiger partial charge < -0.3 is 24.8 Å². The van der Waals surface area contributed by atoms with E-state index in [9.17, 15) is 14.4 Å². The lowest BCUT2D eigenvalue weighted by Crippen LogP contribution is -2.23. The van der Waals surface area contributed by atoms with Crippen molar-refractivity contribution in [3.63, 3.8) is 0 Å². The minimum absolute atomic E-state index is 0.0768. The molecule has 0 aliphatic heterocycles. The van der Waals surface area contributed by atoms with E-state index in [1.165, 1.54) is 14.2 Å². The van der Waals surface area contributed by atoms with E-state index < -0.39 is 18.5 Å². The minimum Gasteiger partial charge on any atom is -0.496 e. The van der Waals surface area contributed by atoms with Crippen LogP contribution in [0.2, 0.25) is 0 Å². The number of benzene rings is 3. The Labute approximate surface area is 185 Å². The Hall–Kier alpha value is -4.33. The summed E-state index contributed by atoms with van der Waals surface area (Å²) in [7, 11) is 2.82. The molecule has 0 saturated carbocycles. The van der Waals surface area contributed by atoms with Crippen LogP contribution in [-0.4, -0.2) is 38.6 Å². The highest BCUT2D eigenvalue weighted by Gasteiger charge is 2.21. The molecule has 0 heterocycles. The summed E-state index contributed by atoms with van der Waals surface area (Å²) in [6.45, 7) is -0.561. The Morgan fingerprint density at radius 2 is 1.38 bits per heavy atom. The van der Waals surface area contributed by atoms with Gasteiger partial charge in [0.1, 0.15) is 17.1 Å². The molecule has 0 bridgehead atoms. The highest BCUT2D eigenvalue weighted by Crippen LogP contribution is 2.29. The van der Waals surface area contributed by atoms with Gasteiger partial charge in [0.15, 0.2) is 6.61 Å². The minimum atomic E-state index is -0.774. The second-order valence-electron chi connectivity index (χ2n) is 6.53. The van der Waals surface area contributed by atoms with Crippen LogP contribution >= 0.6 is 0 Å². The van der Waals surface area contributed by atoms with Gasteiger partial charge in [-0.05, 0) is 36.4 Å². The summed E-state index contributed by atoms with van der Waals surface area (Å²) in [5, 5.41) is 5.37. The van der Waals surface area contributed by atoms with Crippen LogP contribution in [0.4, 0.5) is 11.4 Å². The molecule has 164 valence electrons. The number of amides is 2. The largest absolute Gasteiger partial charge is 0.496 e. The second kappa shape index (κ2) is 10.6. The molecule has 0 radical (unpaired) electrons. The van der Waals surface area contributed by atoms with Gasteiger partial charge in [-0.15, -0.1) is 0 Å². The molecule has 0 fully saturated rings. The van der Waals surface area contributed by atoms with Crippen molar-refractivity contribution in [1.29, 1.82) is 0 Å². The third-order valence-corrected chi connectivity index (χ3v) is 4.44. The van der Waals surface area contributed by atoms with Crippen LogP contribution in [-0.2, 0) is 9.53 Å². The van der Waals surface area contributed by atoms with Crippen molar-refractivity contribution in [3.8, 4) is 11.5 Å². The number of carbonyl (C=O) groups is 3. The number of hydrogen-bond donors (Lipinski definition) is 2. The molecular weight excluding hydrogens is 412 g/mol. The van der Waals surface area contributed by atoms with Gasteiger partial charge in [-0.3, -0.25) is 9.59 Å². The lowest BCUT2D eigenvalue weighted by atomic mass is 10.1. The quantitative estimate of drug-likeness (QED) is 0.524. The summed E-state index contributed by atoms with van der Waals surface area (Å²) in [5.74, 6) is -1.24. The van der Waals surface area contributed by atoms with Gasteiger partial charge in [0.05, 0.1) is 25.5 Å². The standard InChI is InChI=1S/C24H22N2O6/c1-30-19-13-8-14-20(31-2)22(19)24(29)32-15-21(27)26-18-12-7-6-11-17(18)23(28)25-16-9-4-3-5-10-16/h3-14H,15H2,1-2H3,(H,25,28)(H,26,27). The van der Waals surface area contributed by atoms with Crippen molar-refractivity contribution in [3.05, 3.63) is 83.9 Å². The fraction of sp³-hybridized carbons (Fsp3) is 0.125. The number of esters is 1. The molecule has 3 aromatic rings. The number of nitrogens with one attached hydrogen (secondary N) is 2. The highest BCUT2D eigenvalue weighted by molar-refractivity contribution is 6.10. The summed E-state index contributed by atoms with van der Waals surface area (Å²) < 4.78 is 15.5. The molecule has 8 nitrogen and oxygen atoms in total. The molecule has 2 amide bonds. The molecule has 8 heteroatoms. The maximum Gasteiger partial charge on any atom is 0.346 e. The average Bonchev–Trinajstić information content (AvgIpc) is 2.82. The van der Waals surface area contributed by atoms with Crippen LogP contribution in [0.25, 0.3) is 0 Å². The molecule has 0 aliphatic rings. The zero-order chi connectivity index (χ0) is 22.9.